The van der Waals surface area contributed by atoms with Crippen LogP contribution in [0.3, 0.4) is 0 Å². The zero-order valence-electron chi connectivity index (χ0n) is 14.3. The van der Waals surface area contributed by atoms with E-state index >= 15 is 0 Å². The molecule has 0 unspecified atom stereocenters. The first-order chi connectivity index (χ1) is 12.7. The van der Waals surface area contributed by atoms with Crippen LogP contribution in [0, 0.1) is 5.82 Å². The van der Waals surface area contributed by atoms with E-state index in [0.29, 0.717) is 23.1 Å². The fourth-order valence-electron chi connectivity index (χ4n) is 2.56. The molecule has 0 bridgehead atoms. The SMILES string of the molecule is COc1cc(CNc2ccccc2)cc(Cl)c1OCc1cccc(F)c1. The molecule has 1 N–H and O–H groups in total. The number of anilines is 1. The van der Waals surface area contributed by atoms with Crippen molar-refractivity contribution in [2.75, 3.05) is 12.4 Å². The molecule has 3 nitrogen and oxygen atoms in total. The van der Waals surface area contributed by atoms with Gasteiger partial charge in [-0.1, -0.05) is 41.9 Å². The number of rotatable bonds is 7. The highest BCUT2D eigenvalue weighted by atomic mass is 35.5. The molecule has 0 fully saturated rings. The van der Waals surface area contributed by atoms with Crippen LogP contribution >= 0.6 is 11.6 Å². The molecule has 0 spiro atoms. The summed E-state index contributed by atoms with van der Waals surface area (Å²) in [4.78, 5) is 0. The topological polar surface area (TPSA) is 30.5 Å². The van der Waals surface area contributed by atoms with Gasteiger partial charge in [0, 0.05) is 12.2 Å². The van der Waals surface area contributed by atoms with E-state index in [1.807, 2.05) is 42.5 Å². The van der Waals surface area contributed by atoms with Crippen LogP contribution in [0.25, 0.3) is 0 Å². The van der Waals surface area contributed by atoms with Gasteiger partial charge in [-0.05, 0) is 47.5 Å². The second-order valence-corrected chi connectivity index (χ2v) is 6.15. The van der Waals surface area contributed by atoms with Crippen molar-refractivity contribution in [2.45, 2.75) is 13.2 Å². The summed E-state index contributed by atoms with van der Waals surface area (Å²) in [7, 11) is 1.56. The third-order valence-electron chi connectivity index (χ3n) is 3.83. The third-order valence-corrected chi connectivity index (χ3v) is 4.11. The van der Waals surface area contributed by atoms with Crippen molar-refractivity contribution < 1.29 is 13.9 Å². The van der Waals surface area contributed by atoms with Crippen LogP contribution in [0.5, 0.6) is 11.5 Å². The zero-order valence-corrected chi connectivity index (χ0v) is 15.1. The molecular formula is C21H19ClFNO2. The minimum atomic E-state index is -0.300. The van der Waals surface area contributed by atoms with Crippen molar-refractivity contribution in [3.63, 3.8) is 0 Å². The zero-order chi connectivity index (χ0) is 18.4. The summed E-state index contributed by atoms with van der Waals surface area (Å²) in [6.45, 7) is 0.805. The second-order valence-electron chi connectivity index (χ2n) is 5.75. The molecule has 0 saturated carbocycles. The van der Waals surface area contributed by atoms with Gasteiger partial charge in [-0.2, -0.15) is 0 Å². The Morgan fingerprint density at radius 3 is 2.50 bits per heavy atom. The molecule has 0 aliphatic carbocycles. The number of para-hydroxylation sites is 1. The summed E-state index contributed by atoms with van der Waals surface area (Å²) >= 11 is 6.39. The lowest BCUT2D eigenvalue weighted by molar-refractivity contribution is 0.284. The number of benzene rings is 3. The van der Waals surface area contributed by atoms with Crippen molar-refractivity contribution in [2.24, 2.45) is 0 Å². The highest BCUT2D eigenvalue weighted by molar-refractivity contribution is 6.32. The first kappa shape index (κ1) is 18.1. The summed E-state index contributed by atoms with van der Waals surface area (Å²) in [6.07, 6.45) is 0. The Morgan fingerprint density at radius 1 is 0.962 bits per heavy atom. The maximum absolute atomic E-state index is 13.3. The lowest BCUT2D eigenvalue weighted by atomic mass is 10.2. The predicted molar refractivity (Wildman–Crippen MR) is 103 cm³/mol. The van der Waals surface area contributed by atoms with Gasteiger partial charge in [-0.15, -0.1) is 0 Å². The van der Waals surface area contributed by atoms with E-state index < -0.39 is 0 Å². The van der Waals surface area contributed by atoms with Gasteiger partial charge in [0.25, 0.3) is 0 Å². The standard InChI is InChI=1S/C21H19ClFNO2/c1-25-20-12-16(13-24-18-8-3-2-4-9-18)11-19(22)21(20)26-14-15-6-5-7-17(23)10-15/h2-12,24H,13-14H2,1H3. The van der Waals surface area contributed by atoms with Gasteiger partial charge in [0.15, 0.2) is 11.5 Å². The van der Waals surface area contributed by atoms with Crippen molar-refractivity contribution in [3.05, 3.63) is 88.7 Å². The summed E-state index contributed by atoms with van der Waals surface area (Å²) in [5, 5.41) is 3.78. The molecule has 134 valence electrons. The van der Waals surface area contributed by atoms with E-state index in [-0.39, 0.29) is 12.4 Å². The maximum Gasteiger partial charge on any atom is 0.180 e. The molecule has 26 heavy (non-hydrogen) atoms. The summed E-state index contributed by atoms with van der Waals surface area (Å²) in [5.41, 5.74) is 2.71. The Labute approximate surface area is 157 Å². The Kier molecular flexibility index (Phi) is 5.97. The van der Waals surface area contributed by atoms with E-state index in [9.17, 15) is 4.39 Å². The van der Waals surface area contributed by atoms with Gasteiger partial charge in [-0.25, -0.2) is 4.39 Å². The van der Waals surface area contributed by atoms with Gasteiger partial charge >= 0.3 is 0 Å². The van der Waals surface area contributed by atoms with Gasteiger partial charge < -0.3 is 14.8 Å². The lowest BCUT2D eigenvalue weighted by Gasteiger charge is -2.15. The number of halogens is 2. The van der Waals surface area contributed by atoms with Gasteiger partial charge in [0.2, 0.25) is 0 Å². The van der Waals surface area contributed by atoms with Gasteiger partial charge in [0.05, 0.1) is 12.1 Å². The van der Waals surface area contributed by atoms with Crippen molar-refractivity contribution in [1.82, 2.24) is 0 Å². The number of methoxy groups -OCH3 is 1. The molecule has 0 aliphatic heterocycles. The Hall–Kier alpha value is -2.72. The quantitative estimate of drug-likeness (QED) is 0.579. The van der Waals surface area contributed by atoms with Crippen LogP contribution < -0.4 is 14.8 Å². The normalized spacial score (nSPS) is 10.4. The average Bonchev–Trinajstić information content (AvgIpc) is 2.66. The van der Waals surface area contributed by atoms with Gasteiger partial charge in [0.1, 0.15) is 12.4 Å². The second kappa shape index (κ2) is 8.59. The monoisotopic (exact) mass is 371 g/mol. The highest BCUT2D eigenvalue weighted by Crippen LogP contribution is 2.37. The molecule has 3 rings (SSSR count). The smallest absolute Gasteiger partial charge is 0.180 e. The molecule has 0 atom stereocenters. The predicted octanol–water partition coefficient (Wildman–Crippen LogP) is 5.68. The Morgan fingerprint density at radius 2 is 1.77 bits per heavy atom. The molecule has 5 heteroatoms. The molecule has 3 aromatic rings. The van der Waals surface area contributed by atoms with E-state index in [2.05, 4.69) is 5.32 Å². The van der Waals surface area contributed by atoms with E-state index in [4.69, 9.17) is 21.1 Å². The molecular weight excluding hydrogens is 353 g/mol. The van der Waals surface area contributed by atoms with Crippen LogP contribution in [0.4, 0.5) is 10.1 Å². The van der Waals surface area contributed by atoms with Crippen molar-refractivity contribution in [1.29, 1.82) is 0 Å². The van der Waals surface area contributed by atoms with Crippen LogP contribution in [-0.2, 0) is 13.2 Å². The van der Waals surface area contributed by atoms with Crippen LogP contribution in [0.15, 0.2) is 66.7 Å². The minimum Gasteiger partial charge on any atom is -0.493 e. The largest absolute Gasteiger partial charge is 0.493 e. The van der Waals surface area contributed by atoms with E-state index in [0.717, 1.165) is 16.8 Å². The summed E-state index contributed by atoms with van der Waals surface area (Å²) < 4.78 is 24.5. The molecule has 0 heterocycles. The van der Waals surface area contributed by atoms with E-state index in [1.54, 1.807) is 19.2 Å². The molecule has 0 amide bonds. The Bertz CT molecular complexity index is 871. The summed E-state index contributed by atoms with van der Waals surface area (Å²) in [6, 6.07) is 19.9. The van der Waals surface area contributed by atoms with Crippen LogP contribution in [0.2, 0.25) is 5.02 Å². The van der Waals surface area contributed by atoms with Gasteiger partial charge in [-0.3, -0.25) is 0 Å². The minimum absolute atomic E-state index is 0.204. The third kappa shape index (κ3) is 4.67. The first-order valence-electron chi connectivity index (χ1n) is 8.18. The maximum atomic E-state index is 13.3. The van der Waals surface area contributed by atoms with Crippen LogP contribution in [-0.4, -0.2) is 7.11 Å². The first-order valence-corrected chi connectivity index (χ1v) is 8.56. The van der Waals surface area contributed by atoms with Crippen molar-refractivity contribution >= 4 is 17.3 Å². The number of hydrogen-bond donors (Lipinski definition) is 1. The van der Waals surface area contributed by atoms with Crippen molar-refractivity contribution in [3.8, 4) is 11.5 Å². The number of nitrogens with one attached hydrogen (secondary N) is 1. The number of hydrogen-bond acceptors (Lipinski definition) is 3. The highest BCUT2D eigenvalue weighted by Gasteiger charge is 2.12. The number of ether oxygens (including phenoxy) is 2. The fourth-order valence-corrected chi connectivity index (χ4v) is 2.85. The molecule has 0 aliphatic rings. The average molecular weight is 372 g/mol. The molecule has 0 saturated heterocycles. The fraction of sp³-hybridized carbons (Fsp3) is 0.143. The lowest BCUT2D eigenvalue weighted by Crippen LogP contribution is -2.02. The van der Waals surface area contributed by atoms with E-state index in [1.165, 1.54) is 12.1 Å². The molecule has 0 aromatic heterocycles. The Balaban J connectivity index is 1.72. The molecule has 3 aromatic carbocycles. The summed E-state index contributed by atoms with van der Waals surface area (Å²) in [5.74, 6) is 0.687. The van der Waals surface area contributed by atoms with Crippen LogP contribution in [0.1, 0.15) is 11.1 Å². The molecule has 0 radical (unpaired) electrons.